The number of fused-ring (bicyclic) bond motifs is 1. The van der Waals surface area contributed by atoms with Gasteiger partial charge in [-0.25, -0.2) is 0 Å². The molecule has 7 nitrogen and oxygen atoms in total. The molecular weight excluding hydrogens is 304 g/mol. The molecule has 0 aromatic carbocycles. The van der Waals surface area contributed by atoms with E-state index in [0.717, 1.165) is 69.2 Å². The third kappa shape index (κ3) is 4.47. The number of nitrogens with one attached hydrogen (secondary N) is 2. The van der Waals surface area contributed by atoms with Crippen LogP contribution in [-0.4, -0.2) is 54.1 Å². The zero-order valence-electron chi connectivity index (χ0n) is 14.9. The number of ether oxygens (including phenoxy) is 1. The number of nitrogens with zero attached hydrogens (tertiary/aromatic N) is 4. The molecule has 24 heavy (non-hydrogen) atoms. The molecule has 0 saturated carbocycles. The number of aryl methyl sites for hydroxylation is 2. The van der Waals surface area contributed by atoms with Crippen LogP contribution >= 0.6 is 0 Å². The summed E-state index contributed by atoms with van der Waals surface area (Å²) in [6, 6.07) is 0. The molecule has 1 atom stereocenters. The summed E-state index contributed by atoms with van der Waals surface area (Å²) in [5.41, 5.74) is 0. The summed E-state index contributed by atoms with van der Waals surface area (Å²) in [4.78, 5) is 4.35. The van der Waals surface area contributed by atoms with E-state index in [1.54, 1.807) is 0 Å². The van der Waals surface area contributed by atoms with Gasteiger partial charge in [-0.15, -0.1) is 10.2 Å². The van der Waals surface area contributed by atoms with Crippen molar-refractivity contribution in [1.29, 1.82) is 0 Å². The fourth-order valence-corrected chi connectivity index (χ4v) is 3.59. The molecule has 3 heterocycles. The highest BCUT2D eigenvalue weighted by Crippen LogP contribution is 2.19. The normalized spacial score (nSPS) is 22.2. The monoisotopic (exact) mass is 334 g/mol. The fourth-order valence-electron chi connectivity index (χ4n) is 3.59. The van der Waals surface area contributed by atoms with Crippen molar-refractivity contribution in [2.75, 3.05) is 33.4 Å². The molecule has 1 aromatic rings. The maximum Gasteiger partial charge on any atom is 0.190 e. The second kappa shape index (κ2) is 8.46. The van der Waals surface area contributed by atoms with Crippen LogP contribution < -0.4 is 10.6 Å². The third-order valence-electron chi connectivity index (χ3n) is 5.20. The fraction of sp³-hybridized carbons (Fsp3) is 0.824. The average Bonchev–Trinajstić information content (AvgIpc) is 2.99. The lowest BCUT2D eigenvalue weighted by Crippen LogP contribution is -2.42. The number of hydrogen-bond acceptors (Lipinski definition) is 4. The maximum atomic E-state index is 5.41. The van der Waals surface area contributed by atoms with Gasteiger partial charge in [0.15, 0.2) is 5.96 Å². The molecule has 0 radical (unpaired) electrons. The Morgan fingerprint density at radius 1 is 1.21 bits per heavy atom. The molecule has 0 bridgehead atoms. The summed E-state index contributed by atoms with van der Waals surface area (Å²) in [6.07, 6.45) is 5.75. The van der Waals surface area contributed by atoms with E-state index in [-0.39, 0.29) is 0 Å². The van der Waals surface area contributed by atoms with Gasteiger partial charge in [0, 0.05) is 46.3 Å². The van der Waals surface area contributed by atoms with Gasteiger partial charge in [0.25, 0.3) is 0 Å². The summed E-state index contributed by atoms with van der Waals surface area (Å²) in [6.45, 7) is 6.79. The van der Waals surface area contributed by atoms with Crippen LogP contribution in [0.3, 0.4) is 0 Å². The van der Waals surface area contributed by atoms with E-state index in [0.29, 0.717) is 5.92 Å². The highest BCUT2D eigenvalue weighted by molar-refractivity contribution is 5.79. The van der Waals surface area contributed by atoms with Crippen LogP contribution in [0.25, 0.3) is 0 Å². The SMILES string of the molecule is CN=C(NCCC1CCOCC1)NCC1CCc2nnc(C)n2C1. The first-order valence-corrected chi connectivity index (χ1v) is 9.17. The van der Waals surface area contributed by atoms with Crippen molar-refractivity contribution in [3.8, 4) is 0 Å². The van der Waals surface area contributed by atoms with Crippen LogP contribution in [-0.2, 0) is 17.7 Å². The Morgan fingerprint density at radius 2 is 2.04 bits per heavy atom. The smallest absolute Gasteiger partial charge is 0.190 e. The Morgan fingerprint density at radius 3 is 2.83 bits per heavy atom. The molecule has 2 aliphatic rings. The van der Waals surface area contributed by atoms with Crippen molar-refractivity contribution in [1.82, 2.24) is 25.4 Å². The first-order chi connectivity index (χ1) is 11.8. The van der Waals surface area contributed by atoms with Crippen LogP contribution in [0.2, 0.25) is 0 Å². The van der Waals surface area contributed by atoms with Crippen molar-refractivity contribution in [3.05, 3.63) is 11.6 Å². The van der Waals surface area contributed by atoms with Crippen LogP contribution in [0.15, 0.2) is 4.99 Å². The Bertz CT molecular complexity index is 549. The first-order valence-electron chi connectivity index (χ1n) is 9.17. The van der Waals surface area contributed by atoms with Gasteiger partial charge in [-0.05, 0) is 44.4 Å². The summed E-state index contributed by atoms with van der Waals surface area (Å²) < 4.78 is 7.66. The van der Waals surface area contributed by atoms with Gasteiger partial charge < -0.3 is 19.9 Å². The van der Waals surface area contributed by atoms with Crippen LogP contribution in [0, 0.1) is 18.8 Å². The molecule has 2 N–H and O–H groups in total. The summed E-state index contributed by atoms with van der Waals surface area (Å²) in [5.74, 6) is 4.45. The number of hydrogen-bond donors (Lipinski definition) is 2. The molecular formula is C17H30N6O. The second-order valence-corrected chi connectivity index (χ2v) is 6.90. The molecule has 1 unspecified atom stereocenters. The van der Waals surface area contributed by atoms with Crippen LogP contribution in [0.1, 0.15) is 37.3 Å². The van der Waals surface area contributed by atoms with Gasteiger partial charge in [-0.1, -0.05) is 0 Å². The highest BCUT2D eigenvalue weighted by atomic mass is 16.5. The number of guanidine groups is 1. The number of rotatable bonds is 5. The van der Waals surface area contributed by atoms with E-state index in [9.17, 15) is 0 Å². The molecule has 1 aromatic heterocycles. The predicted molar refractivity (Wildman–Crippen MR) is 94.1 cm³/mol. The predicted octanol–water partition coefficient (Wildman–Crippen LogP) is 1.13. The lowest BCUT2D eigenvalue weighted by molar-refractivity contribution is 0.0643. The Labute approximate surface area is 144 Å². The van der Waals surface area contributed by atoms with E-state index >= 15 is 0 Å². The molecule has 2 aliphatic heterocycles. The Balaban J connectivity index is 1.37. The minimum absolute atomic E-state index is 0.598. The van der Waals surface area contributed by atoms with Crippen molar-refractivity contribution in [2.24, 2.45) is 16.8 Å². The summed E-state index contributed by atoms with van der Waals surface area (Å²) in [5, 5.41) is 15.3. The molecule has 134 valence electrons. The molecule has 0 amide bonds. The molecule has 7 heteroatoms. The van der Waals surface area contributed by atoms with Crippen molar-refractivity contribution in [3.63, 3.8) is 0 Å². The number of aliphatic imine (C=N–C) groups is 1. The largest absolute Gasteiger partial charge is 0.381 e. The molecule has 0 spiro atoms. The average molecular weight is 334 g/mol. The van der Waals surface area contributed by atoms with Gasteiger partial charge in [-0.2, -0.15) is 0 Å². The van der Waals surface area contributed by atoms with Gasteiger partial charge in [0.05, 0.1) is 0 Å². The Hall–Kier alpha value is -1.63. The van der Waals surface area contributed by atoms with Gasteiger partial charge in [0.1, 0.15) is 11.6 Å². The van der Waals surface area contributed by atoms with Crippen molar-refractivity contribution >= 4 is 5.96 Å². The summed E-state index contributed by atoms with van der Waals surface area (Å²) in [7, 11) is 1.84. The van der Waals surface area contributed by atoms with Crippen LogP contribution in [0.4, 0.5) is 0 Å². The first kappa shape index (κ1) is 17.2. The Kier molecular flexibility index (Phi) is 6.07. The van der Waals surface area contributed by atoms with Crippen molar-refractivity contribution in [2.45, 2.75) is 45.6 Å². The van der Waals surface area contributed by atoms with E-state index in [1.165, 1.54) is 19.3 Å². The quantitative estimate of drug-likeness (QED) is 0.624. The molecule has 3 rings (SSSR count). The van der Waals surface area contributed by atoms with Gasteiger partial charge in [0.2, 0.25) is 0 Å². The zero-order valence-corrected chi connectivity index (χ0v) is 14.9. The minimum atomic E-state index is 0.598. The van der Waals surface area contributed by atoms with E-state index < -0.39 is 0 Å². The van der Waals surface area contributed by atoms with Gasteiger partial charge >= 0.3 is 0 Å². The van der Waals surface area contributed by atoms with E-state index in [4.69, 9.17) is 4.74 Å². The zero-order chi connectivity index (χ0) is 16.8. The standard InChI is InChI=1S/C17H30N6O/c1-13-21-22-16-4-3-15(12-23(13)16)11-20-17(18-2)19-8-5-14-6-9-24-10-7-14/h14-15H,3-12H2,1-2H3,(H2,18,19,20). The van der Waals surface area contributed by atoms with Crippen molar-refractivity contribution < 1.29 is 4.74 Å². The maximum absolute atomic E-state index is 5.41. The third-order valence-corrected chi connectivity index (χ3v) is 5.20. The molecule has 1 saturated heterocycles. The lowest BCUT2D eigenvalue weighted by Gasteiger charge is -2.25. The van der Waals surface area contributed by atoms with E-state index in [2.05, 4.69) is 30.4 Å². The summed E-state index contributed by atoms with van der Waals surface area (Å²) >= 11 is 0. The second-order valence-electron chi connectivity index (χ2n) is 6.90. The minimum Gasteiger partial charge on any atom is -0.381 e. The highest BCUT2D eigenvalue weighted by Gasteiger charge is 2.21. The van der Waals surface area contributed by atoms with Gasteiger partial charge in [-0.3, -0.25) is 4.99 Å². The van der Waals surface area contributed by atoms with Crippen LogP contribution in [0.5, 0.6) is 0 Å². The topological polar surface area (TPSA) is 76.4 Å². The number of aromatic nitrogens is 3. The van der Waals surface area contributed by atoms with E-state index in [1.807, 2.05) is 14.0 Å². The molecule has 0 aliphatic carbocycles. The lowest BCUT2D eigenvalue weighted by atomic mass is 9.97. The molecule has 1 fully saturated rings.